The van der Waals surface area contributed by atoms with Gasteiger partial charge >= 0.3 is 0 Å². The van der Waals surface area contributed by atoms with Crippen LogP contribution in [0, 0.1) is 0 Å². The fourth-order valence-electron chi connectivity index (χ4n) is 1.71. The van der Waals surface area contributed by atoms with Crippen molar-refractivity contribution in [2.24, 2.45) is 7.05 Å². The summed E-state index contributed by atoms with van der Waals surface area (Å²) in [6, 6.07) is 8.04. The Labute approximate surface area is 122 Å². The predicted octanol–water partition coefficient (Wildman–Crippen LogP) is 1.09. The molecule has 0 aliphatic heterocycles. The van der Waals surface area contributed by atoms with Gasteiger partial charge in [-0.05, 0) is 5.56 Å². The van der Waals surface area contributed by atoms with Gasteiger partial charge in [0.05, 0.1) is 19.0 Å². The van der Waals surface area contributed by atoms with E-state index >= 15 is 0 Å². The molecular formula is C12H14ClN3O3S. The average molecular weight is 316 g/mol. The van der Waals surface area contributed by atoms with Crippen molar-refractivity contribution < 1.29 is 13.5 Å². The van der Waals surface area contributed by atoms with Crippen LogP contribution < -0.4 is 4.72 Å². The number of nitrogens with zero attached hydrogens (tertiary/aromatic N) is 2. The summed E-state index contributed by atoms with van der Waals surface area (Å²) in [5.74, 6) is 0. The quantitative estimate of drug-likeness (QED) is 0.865. The first-order valence-corrected chi connectivity index (χ1v) is 7.67. The van der Waals surface area contributed by atoms with Crippen molar-refractivity contribution in [3.8, 4) is 0 Å². The molecule has 1 aromatic heterocycles. The van der Waals surface area contributed by atoms with E-state index in [0.29, 0.717) is 5.56 Å². The maximum absolute atomic E-state index is 12.2. The lowest BCUT2D eigenvalue weighted by atomic mass is 10.1. The minimum Gasteiger partial charge on any atom is -0.394 e. The van der Waals surface area contributed by atoms with E-state index in [1.807, 2.05) is 6.07 Å². The molecule has 0 amide bonds. The lowest BCUT2D eigenvalue weighted by Gasteiger charge is -2.16. The molecule has 6 nitrogen and oxygen atoms in total. The van der Waals surface area contributed by atoms with Crippen LogP contribution in [0.15, 0.2) is 41.7 Å². The Balaban J connectivity index is 2.30. The van der Waals surface area contributed by atoms with Gasteiger partial charge in [0.1, 0.15) is 5.15 Å². The van der Waals surface area contributed by atoms with Gasteiger partial charge in [-0.1, -0.05) is 41.9 Å². The summed E-state index contributed by atoms with van der Waals surface area (Å²) in [5, 5.41) is 9.14. The second kappa shape index (κ2) is 5.92. The smallest absolute Gasteiger partial charge is 0.261 e. The summed E-state index contributed by atoms with van der Waals surface area (Å²) >= 11 is 5.88. The molecule has 0 fully saturated rings. The van der Waals surface area contributed by atoms with Gasteiger partial charge in [0.2, 0.25) is 5.03 Å². The number of sulfonamides is 1. The number of benzene rings is 1. The van der Waals surface area contributed by atoms with Gasteiger partial charge in [0, 0.05) is 7.05 Å². The maximum Gasteiger partial charge on any atom is 0.261 e. The Bertz CT molecular complexity index is 685. The molecular weight excluding hydrogens is 302 g/mol. The molecule has 0 saturated carbocycles. The largest absolute Gasteiger partial charge is 0.394 e. The molecule has 2 aromatic rings. The van der Waals surface area contributed by atoms with Crippen LogP contribution in [-0.2, 0) is 17.1 Å². The highest BCUT2D eigenvalue weighted by atomic mass is 35.5. The SMILES string of the molecule is Cn1cnc(S(=O)(=O)N[C@@H](CO)c2ccccc2)c1Cl. The second-order valence-electron chi connectivity index (χ2n) is 4.22. The summed E-state index contributed by atoms with van der Waals surface area (Å²) in [4.78, 5) is 3.77. The van der Waals surface area contributed by atoms with Crippen LogP contribution in [0.3, 0.4) is 0 Å². The third kappa shape index (κ3) is 3.01. The number of aromatic nitrogens is 2. The van der Waals surface area contributed by atoms with E-state index in [4.69, 9.17) is 11.6 Å². The van der Waals surface area contributed by atoms with E-state index in [0.717, 1.165) is 0 Å². The van der Waals surface area contributed by atoms with Crippen molar-refractivity contribution in [2.75, 3.05) is 6.61 Å². The molecule has 0 aliphatic carbocycles. The third-order valence-corrected chi connectivity index (χ3v) is 4.73. The van der Waals surface area contributed by atoms with Gasteiger partial charge in [-0.15, -0.1) is 0 Å². The highest BCUT2D eigenvalue weighted by Crippen LogP contribution is 2.21. The lowest BCUT2D eigenvalue weighted by Crippen LogP contribution is -2.31. The Kier molecular flexibility index (Phi) is 4.44. The van der Waals surface area contributed by atoms with E-state index in [1.54, 1.807) is 31.3 Å². The maximum atomic E-state index is 12.2. The molecule has 0 aliphatic rings. The standard InChI is InChI=1S/C12H14ClN3O3S/c1-16-8-14-12(11(16)13)20(18,19)15-10(7-17)9-5-3-2-4-6-9/h2-6,8,10,15,17H,7H2,1H3/t10-/m0/s1. The zero-order valence-corrected chi connectivity index (χ0v) is 12.3. The molecule has 0 spiro atoms. The van der Waals surface area contributed by atoms with Crippen molar-refractivity contribution >= 4 is 21.6 Å². The number of aryl methyl sites for hydroxylation is 1. The van der Waals surface area contributed by atoms with Gasteiger partial charge in [-0.25, -0.2) is 13.4 Å². The van der Waals surface area contributed by atoms with Crippen molar-refractivity contribution in [1.82, 2.24) is 14.3 Å². The predicted molar refractivity (Wildman–Crippen MR) is 74.8 cm³/mol. The minimum atomic E-state index is -3.90. The number of aliphatic hydroxyl groups excluding tert-OH is 1. The number of nitrogens with one attached hydrogen (secondary N) is 1. The molecule has 1 atom stereocenters. The van der Waals surface area contributed by atoms with E-state index in [2.05, 4.69) is 9.71 Å². The van der Waals surface area contributed by atoms with Crippen molar-refractivity contribution in [2.45, 2.75) is 11.1 Å². The van der Waals surface area contributed by atoms with Gasteiger partial charge < -0.3 is 9.67 Å². The second-order valence-corrected chi connectivity index (χ2v) is 6.21. The van der Waals surface area contributed by atoms with E-state index < -0.39 is 16.1 Å². The van der Waals surface area contributed by atoms with Gasteiger partial charge in [0.25, 0.3) is 10.0 Å². The molecule has 0 radical (unpaired) electrons. The summed E-state index contributed by atoms with van der Waals surface area (Å²) in [7, 11) is -2.31. The summed E-state index contributed by atoms with van der Waals surface area (Å²) in [6.45, 7) is -0.367. The van der Waals surface area contributed by atoms with E-state index in [-0.39, 0.29) is 16.8 Å². The summed E-state index contributed by atoms with van der Waals surface area (Å²) in [6.07, 6.45) is 1.31. The highest BCUT2D eigenvalue weighted by molar-refractivity contribution is 7.89. The molecule has 1 aromatic carbocycles. The van der Waals surface area contributed by atoms with Gasteiger partial charge in [0.15, 0.2) is 0 Å². The van der Waals surface area contributed by atoms with Crippen molar-refractivity contribution in [3.63, 3.8) is 0 Å². The normalized spacial score (nSPS) is 13.3. The summed E-state index contributed by atoms with van der Waals surface area (Å²) < 4.78 is 28.2. The molecule has 0 saturated heterocycles. The van der Waals surface area contributed by atoms with E-state index in [1.165, 1.54) is 10.9 Å². The fourth-order valence-corrected chi connectivity index (χ4v) is 3.36. The average Bonchev–Trinajstić information content (AvgIpc) is 2.78. The minimum absolute atomic E-state index is 0.0160. The first-order valence-electron chi connectivity index (χ1n) is 5.80. The summed E-state index contributed by atoms with van der Waals surface area (Å²) in [5.41, 5.74) is 0.658. The monoisotopic (exact) mass is 315 g/mol. The molecule has 0 bridgehead atoms. The number of imidazole rings is 1. The fraction of sp³-hybridized carbons (Fsp3) is 0.250. The molecule has 2 rings (SSSR count). The van der Waals surface area contributed by atoms with Crippen LogP contribution in [0.2, 0.25) is 5.15 Å². The topological polar surface area (TPSA) is 84.2 Å². The van der Waals surface area contributed by atoms with Crippen LogP contribution in [0.25, 0.3) is 0 Å². The zero-order valence-electron chi connectivity index (χ0n) is 10.7. The Morgan fingerprint density at radius 2 is 2.05 bits per heavy atom. The first-order chi connectivity index (χ1) is 9.45. The van der Waals surface area contributed by atoms with Gasteiger partial charge in [-0.2, -0.15) is 4.72 Å². The Hall–Kier alpha value is -1.41. The van der Waals surface area contributed by atoms with Crippen molar-refractivity contribution in [1.29, 1.82) is 0 Å². The Morgan fingerprint density at radius 3 is 2.55 bits per heavy atom. The van der Waals surface area contributed by atoms with Crippen LogP contribution >= 0.6 is 11.6 Å². The molecule has 8 heteroatoms. The molecule has 1 heterocycles. The number of aliphatic hydroxyl groups is 1. The van der Waals surface area contributed by atoms with Crippen LogP contribution in [0.5, 0.6) is 0 Å². The lowest BCUT2D eigenvalue weighted by molar-refractivity contribution is 0.259. The van der Waals surface area contributed by atoms with Gasteiger partial charge in [-0.3, -0.25) is 0 Å². The molecule has 108 valence electrons. The number of hydrogen-bond donors (Lipinski definition) is 2. The number of halogens is 1. The van der Waals surface area contributed by atoms with E-state index in [9.17, 15) is 13.5 Å². The Morgan fingerprint density at radius 1 is 1.40 bits per heavy atom. The molecule has 20 heavy (non-hydrogen) atoms. The van der Waals surface area contributed by atoms with Crippen LogP contribution in [-0.4, -0.2) is 29.7 Å². The molecule has 2 N–H and O–H groups in total. The number of rotatable bonds is 5. The molecule has 0 unspecified atom stereocenters. The highest BCUT2D eigenvalue weighted by Gasteiger charge is 2.26. The van der Waals surface area contributed by atoms with Crippen LogP contribution in [0.1, 0.15) is 11.6 Å². The first kappa shape index (κ1) is 15.0. The number of hydrogen-bond acceptors (Lipinski definition) is 4. The van der Waals surface area contributed by atoms with Crippen molar-refractivity contribution in [3.05, 3.63) is 47.4 Å². The van der Waals surface area contributed by atoms with Crippen LogP contribution in [0.4, 0.5) is 0 Å². The zero-order chi connectivity index (χ0) is 14.8. The third-order valence-electron chi connectivity index (χ3n) is 2.77.